The SMILES string of the molecule is CN=C(N(C)c1ccccc1)N(CCN=C(OCCN=C(OC)N(C)c1ccccc1)N(C)C)c1ccccc1. The van der Waals surface area contributed by atoms with E-state index in [0.29, 0.717) is 38.3 Å². The summed E-state index contributed by atoms with van der Waals surface area (Å²) in [6.07, 6.45) is 0. The molecule has 0 bridgehead atoms. The molecule has 0 heterocycles. The molecule has 212 valence electrons. The van der Waals surface area contributed by atoms with Crippen molar-refractivity contribution in [1.82, 2.24) is 4.90 Å². The molecule has 0 aliphatic carbocycles. The highest BCUT2D eigenvalue weighted by Gasteiger charge is 2.18. The molecule has 3 aromatic carbocycles. The Morgan fingerprint density at radius 1 is 0.650 bits per heavy atom. The highest BCUT2D eigenvalue weighted by atomic mass is 16.5. The van der Waals surface area contributed by atoms with E-state index >= 15 is 0 Å². The number of rotatable bonds is 9. The van der Waals surface area contributed by atoms with E-state index in [0.717, 1.165) is 23.0 Å². The first kappa shape index (κ1) is 30.0. The summed E-state index contributed by atoms with van der Waals surface area (Å²) in [7, 11) is 11.2. The molecule has 0 saturated heterocycles. The number of benzene rings is 3. The number of para-hydroxylation sites is 3. The summed E-state index contributed by atoms with van der Waals surface area (Å²) in [5, 5.41) is 0. The van der Waals surface area contributed by atoms with E-state index in [1.807, 2.05) is 112 Å². The maximum absolute atomic E-state index is 6.01. The minimum absolute atomic E-state index is 0.368. The number of hydrogen-bond donors (Lipinski definition) is 0. The van der Waals surface area contributed by atoms with E-state index in [1.54, 1.807) is 7.11 Å². The van der Waals surface area contributed by atoms with Gasteiger partial charge in [0.25, 0.3) is 12.0 Å². The van der Waals surface area contributed by atoms with E-state index in [1.165, 1.54) is 0 Å². The number of anilines is 3. The largest absolute Gasteiger partial charge is 0.468 e. The molecule has 0 radical (unpaired) electrons. The van der Waals surface area contributed by atoms with E-state index in [2.05, 4.69) is 44.1 Å². The lowest BCUT2D eigenvalue weighted by Crippen LogP contribution is -2.44. The normalized spacial score (nSPS) is 12.1. The maximum Gasteiger partial charge on any atom is 0.291 e. The van der Waals surface area contributed by atoms with Crippen LogP contribution in [-0.4, -0.2) is 91.5 Å². The standard InChI is InChI=1S/C31H41N7O2/c1-32-29(36(4)26-16-10-7-11-17-26)38(28-20-14-9-15-21-28)24-22-33-30(35(2)3)40-25-23-34-31(39-6)37(5)27-18-12-8-13-19-27/h7-21H,22-25H2,1-6H3. The van der Waals surface area contributed by atoms with Gasteiger partial charge in [-0.3, -0.25) is 9.89 Å². The highest BCUT2D eigenvalue weighted by molar-refractivity contribution is 6.06. The van der Waals surface area contributed by atoms with Crippen molar-refractivity contribution in [3.8, 4) is 0 Å². The van der Waals surface area contributed by atoms with Gasteiger partial charge in [0, 0.05) is 58.8 Å². The number of nitrogens with zero attached hydrogens (tertiary/aromatic N) is 7. The number of aliphatic imine (C=N–C) groups is 3. The first-order chi connectivity index (χ1) is 19.5. The molecular formula is C31H41N7O2. The molecule has 9 heteroatoms. The average Bonchev–Trinajstić information content (AvgIpc) is 3.00. The number of amidine groups is 2. The van der Waals surface area contributed by atoms with Crippen LogP contribution in [0.4, 0.5) is 17.1 Å². The van der Waals surface area contributed by atoms with Crippen molar-refractivity contribution in [3.63, 3.8) is 0 Å². The molecule has 0 unspecified atom stereocenters. The summed E-state index contributed by atoms with van der Waals surface area (Å²) in [6.45, 7) is 1.92. The number of methoxy groups -OCH3 is 1. The van der Waals surface area contributed by atoms with Crippen molar-refractivity contribution in [2.75, 3.05) is 83.3 Å². The van der Waals surface area contributed by atoms with Gasteiger partial charge in [0.2, 0.25) is 5.96 Å². The van der Waals surface area contributed by atoms with Crippen molar-refractivity contribution in [3.05, 3.63) is 91.0 Å². The average molecular weight is 544 g/mol. The first-order valence-electron chi connectivity index (χ1n) is 13.3. The summed E-state index contributed by atoms with van der Waals surface area (Å²) < 4.78 is 11.5. The lowest BCUT2D eigenvalue weighted by Gasteiger charge is -2.32. The maximum atomic E-state index is 6.01. The van der Waals surface area contributed by atoms with Crippen LogP contribution in [0.2, 0.25) is 0 Å². The van der Waals surface area contributed by atoms with Gasteiger partial charge >= 0.3 is 0 Å². The van der Waals surface area contributed by atoms with Crippen molar-refractivity contribution < 1.29 is 9.47 Å². The lowest BCUT2D eigenvalue weighted by molar-refractivity contribution is 0.263. The van der Waals surface area contributed by atoms with Crippen molar-refractivity contribution >= 4 is 35.1 Å². The lowest BCUT2D eigenvalue weighted by atomic mass is 10.2. The molecule has 0 N–H and O–H groups in total. The van der Waals surface area contributed by atoms with Gasteiger partial charge in [-0.15, -0.1) is 0 Å². The fourth-order valence-electron chi connectivity index (χ4n) is 4.08. The van der Waals surface area contributed by atoms with Crippen LogP contribution >= 0.6 is 0 Å². The van der Waals surface area contributed by atoms with E-state index in [4.69, 9.17) is 14.5 Å². The Morgan fingerprint density at radius 2 is 1.15 bits per heavy atom. The molecule has 0 aliphatic heterocycles. The molecule has 9 nitrogen and oxygen atoms in total. The third-order valence-electron chi connectivity index (χ3n) is 6.09. The fourth-order valence-corrected chi connectivity index (χ4v) is 4.08. The molecule has 3 aromatic rings. The molecule has 0 saturated carbocycles. The summed E-state index contributed by atoms with van der Waals surface area (Å²) in [5.41, 5.74) is 3.09. The van der Waals surface area contributed by atoms with Crippen molar-refractivity contribution in [2.24, 2.45) is 15.0 Å². The molecule has 3 rings (SSSR count). The Hall–Kier alpha value is -4.53. The molecular weight excluding hydrogens is 502 g/mol. The Morgan fingerprint density at radius 3 is 1.65 bits per heavy atom. The van der Waals surface area contributed by atoms with Gasteiger partial charge in [0.1, 0.15) is 6.61 Å². The molecule has 0 fully saturated rings. The van der Waals surface area contributed by atoms with Crippen molar-refractivity contribution in [2.45, 2.75) is 0 Å². The second kappa shape index (κ2) is 15.8. The van der Waals surface area contributed by atoms with Crippen LogP contribution in [0.5, 0.6) is 0 Å². The van der Waals surface area contributed by atoms with Crippen LogP contribution in [-0.2, 0) is 9.47 Å². The predicted molar refractivity (Wildman–Crippen MR) is 168 cm³/mol. The molecule has 0 aliphatic rings. The highest BCUT2D eigenvalue weighted by Crippen LogP contribution is 2.19. The topological polar surface area (TPSA) is 68.5 Å². The quantitative estimate of drug-likeness (QED) is 0.222. The third-order valence-corrected chi connectivity index (χ3v) is 6.09. The predicted octanol–water partition coefficient (Wildman–Crippen LogP) is 4.69. The zero-order valence-corrected chi connectivity index (χ0v) is 24.4. The van der Waals surface area contributed by atoms with Crippen LogP contribution in [0, 0.1) is 0 Å². The van der Waals surface area contributed by atoms with Gasteiger partial charge in [-0.1, -0.05) is 54.6 Å². The summed E-state index contributed by atoms with van der Waals surface area (Å²) in [5.74, 6) is 0.823. The van der Waals surface area contributed by atoms with E-state index in [9.17, 15) is 0 Å². The Labute approximate surface area is 238 Å². The number of hydrogen-bond acceptors (Lipinski definition) is 5. The zero-order chi connectivity index (χ0) is 28.7. The third kappa shape index (κ3) is 8.49. The monoisotopic (exact) mass is 543 g/mol. The van der Waals surface area contributed by atoms with Gasteiger partial charge < -0.3 is 24.2 Å². The van der Waals surface area contributed by atoms with Crippen LogP contribution in [0.3, 0.4) is 0 Å². The Balaban J connectivity index is 1.67. The van der Waals surface area contributed by atoms with Gasteiger partial charge in [-0.05, 0) is 36.4 Å². The molecule has 0 aromatic heterocycles. The van der Waals surface area contributed by atoms with Crippen molar-refractivity contribution in [1.29, 1.82) is 0 Å². The number of guanidine groups is 1. The van der Waals surface area contributed by atoms with E-state index in [-0.39, 0.29) is 0 Å². The first-order valence-corrected chi connectivity index (χ1v) is 13.3. The van der Waals surface area contributed by atoms with Crippen LogP contribution in [0.1, 0.15) is 0 Å². The van der Waals surface area contributed by atoms with Crippen LogP contribution in [0.25, 0.3) is 0 Å². The molecule has 0 amide bonds. The van der Waals surface area contributed by atoms with Gasteiger partial charge in [0.15, 0.2) is 0 Å². The zero-order valence-electron chi connectivity index (χ0n) is 24.4. The van der Waals surface area contributed by atoms with Gasteiger partial charge in [-0.25, -0.2) is 9.98 Å². The van der Waals surface area contributed by atoms with Gasteiger partial charge in [-0.2, -0.15) is 0 Å². The second-order valence-electron chi connectivity index (χ2n) is 9.08. The molecule has 0 spiro atoms. The Bertz CT molecular complexity index is 1230. The second-order valence-corrected chi connectivity index (χ2v) is 9.08. The van der Waals surface area contributed by atoms with Crippen LogP contribution < -0.4 is 14.7 Å². The van der Waals surface area contributed by atoms with Crippen LogP contribution in [0.15, 0.2) is 106 Å². The fraction of sp³-hybridized carbons (Fsp3) is 0.323. The number of ether oxygens (including phenoxy) is 2. The molecule has 40 heavy (non-hydrogen) atoms. The minimum atomic E-state index is 0.368. The smallest absolute Gasteiger partial charge is 0.291 e. The summed E-state index contributed by atoms with van der Waals surface area (Å²) >= 11 is 0. The Kier molecular flexibility index (Phi) is 11.8. The minimum Gasteiger partial charge on any atom is -0.468 e. The van der Waals surface area contributed by atoms with Gasteiger partial charge in [0.05, 0.1) is 20.2 Å². The summed E-state index contributed by atoms with van der Waals surface area (Å²) in [4.78, 5) is 22.0. The molecule has 0 atom stereocenters. The summed E-state index contributed by atoms with van der Waals surface area (Å²) in [6, 6.07) is 31.4. The van der Waals surface area contributed by atoms with E-state index < -0.39 is 0 Å².